The van der Waals surface area contributed by atoms with Crippen LogP contribution >= 0.6 is 23.4 Å². The summed E-state index contributed by atoms with van der Waals surface area (Å²) in [7, 11) is 0. The molecule has 0 radical (unpaired) electrons. The molecule has 0 amide bonds. The zero-order valence-corrected chi connectivity index (χ0v) is 14.2. The zero-order valence-electron chi connectivity index (χ0n) is 12.6. The van der Waals surface area contributed by atoms with Crippen LogP contribution in [0.25, 0.3) is 5.69 Å². The Balaban J connectivity index is 1.89. The van der Waals surface area contributed by atoms with Crippen LogP contribution in [0.5, 0.6) is 0 Å². The molecule has 1 aromatic heterocycles. The predicted octanol–water partition coefficient (Wildman–Crippen LogP) is 4.36. The van der Waals surface area contributed by atoms with Gasteiger partial charge in [-0.2, -0.15) is 4.68 Å². The zero-order chi connectivity index (χ0) is 16.4. The highest BCUT2D eigenvalue weighted by Crippen LogP contribution is 2.29. The molecule has 0 fully saturated rings. The molecule has 0 atom stereocenters. The van der Waals surface area contributed by atoms with Crippen molar-refractivity contribution in [3.63, 3.8) is 0 Å². The summed E-state index contributed by atoms with van der Waals surface area (Å²) in [6, 6.07) is 10.6. The summed E-state index contributed by atoms with van der Waals surface area (Å²) < 4.78 is 15.5. The Hall–Kier alpha value is -1.92. The van der Waals surface area contributed by atoms with Gasteiger partial charge in [-0.1, -0.05) is 41.6 Å². The minimum Gasteiger partial charge on any atom is -0.207 e. The number of aromatic nitrogens is 4. The molecule has 0 aliphatic heterocycles. The van der Waals surface area contributed by atoms with Gasteiger partial charge in [-0.3, -0.25) is 0 Å². The molecule has 3 aromatic rings. The lowest BCUT2D eigenvalue weighted by Gasteiger charge is -2.10. The second kappa shape index (κ2) is 6.68. The molecule has 2 aromatic carbocycles. The molecule has 0 saturated heterocycles. The molecular formula is C16H14ClFN4S. The highest BCUT2D eigenvalue weighted by atomic mass is 35.5. The maximum Gasteiger partial charge on any atom is 0.214 e. The van der Waals surface area contributed by atoms with E-state index in [2.05, 4.69) is 15.5 Å². The number of rotatable bonds is 4. The van der Waals surface area contributed by atoms with Crippen LogP contribution in [0.3, 0.4) is 0 Å². The number of aryl methyl sites for hydroxylation is 1. The quantitative estimate of drug-likeness (QED) is 0.657. The van der Waals surface area contributed by atoms with Crippen LogP contribution in [-0.2, 0) is 5.75 Å². The molecule has 1 heterocycles. The van der Waals surface area contributed by atoms with E-state index in [1.54, 1.807) is 16.8 Å². The van der Waals surface area contributed by atoms with Crippen molar-refractivity contribution in [2.75, 3.05) is 0 Å². The van der Waals surface area contributed by atoms with Gasteiger partial charge in [0.05, 0.1) is 5.69 Å². The Morgan fingerprint density at radius 2 is 1.96 bits per heavy atom. The summed E-state index contributed by atoms with van der Waals surface area (Å²) in [5, 5.41) is 12.8. The predicted molar refractivity (Wildman–Crippen MR) is 89.6 cm³/mol. The van der Waals surface area contributed by atoms with Crippen molar-refractivity contribution in [3.05, 3.63) is 63.9 Å². The number of tetrazole rings is 1. The monoisotopic (exact) mass is 348 g/mol. The second-order valence-corrected chi connectivity index (χ2v) is 6.43. The lowest BCUT2D eigenvalue weighted by atomic mass is 10.1. The molecule has 0 bridgehead atoms. The number of thioether (sulfide) groups is 1. The van der Waals surface area contributed by atoms with E-state index < -0.39 is 0 Å². The first-order valence-electron chi connectivity index (χ1n) is 6.98. The van der Waals surface area contributed by atoms with Crippen molar-refractivity contribution in [2.45, 2.75) is 24.8 Å². The Labute approximate surface area is 142 Å². The molecular weight excluding hydrogens is 335 g/mol. The lowest BCUT2D eigenvalue weighted by Crippen LogP contribution is -2.03. The molecule has 0 aliphatic rings. The lowest BCUT2D eigenvalue weighted by molar-refractivity contribution is 0.617. The van der Waals surface area contributed by atoms with E-state index in [4.69, 9.17) is 11.6 Å². The van der Waals surface area contributed by atoms with Gasteiger partial charge < -0.3 is 0 Å². The summed E-state index contributed by atoms with van der Waals surface area (Å²) in [6.07, 6.45) is 0. The first kappa shape index (κ1) is 16.0. The molecule has 0 unspecified atom stereocenters. The smallest absolute Gasteiger partial charge is 0.207 e. The maximum atomic E-state index is 13.9. The number of halogens is 2. The van der Waals surface area contributed by atoms with Gasteiger partial charge >= 0.3 is 0 Å². The highest BCUT2D eigenvalue weighted by molar-refractivity contribution is 7.98. The topological polar surface area (TPSA) is 43.6 Å². The minimum absolute atomic E-state index is 0.323. The van der Waals surface area contributed by atoms with Crippen LogP contribution in [0.15, 0.2) is 41.6 Å². The average Bonchev–Trinajstić information content (AvgIpc) is 2.98. The third-order valence-corrected chi connectivity index (χ3v) is 4.95. The molecule has 118 valence electrons. The van der Waals surface area contributed by atoms with E-state index in [9.17, 15) is 4.39 Å². The van der Waals surface area contributed by atoms with Crippen LogP contribution in [0.2, 0.25) is 5.02 Å². The van der Waals surface area contributed by atoms with E-state index in [-0.39, 0.29) is 5.82 Å². The van der Waals surface area contributed by atoms with Gasteiger partial charge in [0.25, 0.3) is 0 Å². The van der Waals surface area contributed by atoms with Crippen molar-refractivity contribution in [1.29, 1.82) is 0 Å². The second-order valence-electron chi connectivity index (χ2n) is 5.08. The van der Waals surface area contributed by atoms with E-state index in [1.807, 2.05) is 32.0 Å². The number of hydrogen-bond acceptors (Lipinski definition) is 4. The summed E-state index contributed by atoms with van der Waals surface area (Å²) in [5.41, 5.74) is 3.63. The van der Waals surface area contributed by atoms with Crippen molar-refractivity contribution in [3.8, 4) is 5.69 Å². The van der Waals surface area contributed by atoms with E-state index in [0.29, 0.717) is 21.5 Å². The standard InChI is InChI=1S/C16H14ClFN4S/c1-10-5-3-8-15(11(10)2)22-16(19-20-21-22)23-9-12-13(17)6-4-7-14(12)18/h3-8H,9H2,1-2H3. The number of hydrogen-bond donors (Lipinski definition) is 0. The molecule has 0 spiro atoms. The molecule has 4 nitrogen and oxygen atoms in total. The van der Waals surface area contributed by atoms with Gasteiger partial charge in [0, 0.05) is 16.3 Å². The largest absolute Gasteiger partial charge is 0.214 e. The fraction of sp³-hybridized carbons (Fsp3) is 0.188. The summed E-state index contributed by atoms with van der Waals surface area (Å²) >= 11 is 7.41. The van der Waals surface area contributed by atoms with Crippen LogP contribution in [0.1, 0.15) is 16.7 Å². The van der Waals surface area contributed by atoms with E-state index in [1.165, 1.54) is 17.8 Å². The van der Waals surface area contributed by atoms with Crippen LogP contribution in [-0.4, -0.2) is 20.2 Å². The Kier molecular flexibility index (Phi) is 4.63. The molecule has 7 heteroatoms. The van der Waals surface area contributed by atoms with Gasteiger partial charge in [-0.05, 0) is 53.6 Å². The number of benzene rings is 2. The van der Waals surface area contributed by atoms with E-state index in [0.717, 1.165) is 16.8 Å². The summed E-state index contributed by atoms with van der Waals surface area (Å²) in [4.78, 5) is 0. The molecule has 0 saturated carbocycles. The normalized spacial score (nSPS) is 11.0. The van der Waals surface area contributed by atoms with Gasteiger partial charge in [0.15, 0.2) is 0 Å². The Bertz CT molecular complexity index is 830. The average molecular weight is 349 g/mol. The SMILES string of the molecule is Cc1cccc(-n2nnnc2SCc2c(F)cccc2Cl)c1C. The molecule has 0 aliphatic carbocycles. The van der Waals surface area contributed by atoms with Gasteiger partial charge in [0.1, 0.15) is 5.82 Å². The highest BCUT2D eigenvalue weighted by Gasteiger charge is 2.14. The number of nitrogens with zero attached hydrogens (tertiary/aromatic N) is 4. The van der Waals surface area contributed by atoms with Crippen LogP contribution in [0, 0.1) is 19.7 Å². The van der Waals surface area contributed by atoms with Crippen LogP contribution < -0.4 is 0 Å². The third kappa shape index (κ3) is 3.23. The van der Waals surface area contributed by atoms with Gasteiger partial charge in [0.2, 0.25) is 5.16 Å². The van der Waals surface area contributed by atoms with Crippen LogP contribution in [0.4, 0.5) is 4.39 Å². The summed E-state index contributed by atoms with van der Waals surface area (Å²) in [5.74, 6) is 0.0345. The molecule has 0 N–H and O–H groups in total. The maximum absolute atomic E-state index is 13.9. The van der Waals surface area contributed by atoms with Crippen molar-refractivity contribution >= 4 is 23.4 Å². The minimum atomic E-state index is -0.323. The Morgan fingerprint density at radius 1 is 1.17 bits per heavy atom. The molecule has 23 heavy (non-hydrogen) atoms. The fourth-order valence-corrected chi connectivity index (χ4v) is 3.42. The first-order valence-corrected chi connectivity index (χ1v) is 8.35. The van der Waals surface area contributed by atoms with Crippen molar-refractivity contribution in [1.82, 2.24) is 20.2 Å². The van der Waals surface area contributed by atoms with Gasteiger partial charge in [-0.25, -0.2) is 4.39 Å². The van der Waals surface area contributed by atoms with Gasteiger partial charge in [-0.15, -0.1) is 5.10 Å². The molecule has 3 rings (SSSR count). The van der Waals surface area contributed by atoms with Crippen molar-refractivity contribution < 1.29 is 4.39 Å². The fourth-order valence-electron chi connectivity index (χ4n) is 2.19. The Morgan fingerprint density at radius 3 is 2.74 bits per heavy atom. The third-order valence-electron chi connectivity index (χ3n) is 3.65. The first-order chi connectivity index (χ1) is 11.1. The summed E-state index contributed by atoms with van der Waals surface area (Å²) in [6.45, 7) is 4.06. The van der Waals surface area contributed by atoms with Crippen molar-refractivity contribution in [2.24, 2.45) is 0 Å². The van der Waals surface area contributed by atoms with E-state index >= 15 is 0 Å².